The normalized spacial score (nSPS) is 22.7. The van der Waals surface area contributed by atoms with Crippen molar-refractivity contribution in [3.8, 4) is 28.3 Å². The minimum Gasteiger partial charge on any atom is -0.486 e. The highest BCUT2D eigenvalue weighted by Gasteiger charge is 2.63. The molecule has 9 nitrogen and oxygen atoms in total. The number of carbonyl (C=O) groups excluding carboxylic acids is 1. The second-order valence-electron chi connectivity index (χ2n) is 9.70. The maximum Gasteiger partial charge on any atom is 0.234 e. The third-order valence-electron chi connectivity index (χ3n) is 7.12. The molecule has 0 radical (unpaired) electrons. The predicted octanol–water partition coefficient (Wildman–Crippen LogP) is 3.61. The summed E-state index contributed by atoms with van der Waals surface area (Å²) in [5, 5.41) is 7.75. The molecule has 3 aliphatic rings. The van der Waals surface area contributed by atoms with Crippen LogP contribution in [0.4, 0.5) is 5.82 Å². The summed E-state index contributed by atoms with van der Waals surface area (Å²) < 4.78 is 13.4. The average molecular weight is 469 g/mol. The van der Waals surface area contributed by atoms with E-state index in [0.717, 1.165) is 36.1 Å². The molecule has 2 unspecified atom stereocenters. The molecular weight excluding hydrogens is 444 g/mol. The number of amides is 1. The van der Waals surface area contributed by atoms with E-state index >= 15 is 0 Å². The molecule has 35 heavy (non-hydrogen) atoms. The Hall–Kier alpha value is -3.85. The van der Waals surface area contributed by atoms with E-state index in [0.29, 0.717) is 47.4 Å². The fourth-order valence-corrected chi connectivity index (χ4v) is 4.92. The average Bonchev–Trinajstić information content (AvgIpc) is 3.75. The van der Waals surface area contributed by atoms with Crippen LogP contribution in [0.3, 0.4) is 0 Å². The monoisotopic (exact) mass is 468 g/mol. The molecule has 3 fully saturated rings. The van der Waals surface area contributed by atoms with Gasteiger partial charge in [0.1, 0.15) is 23.2 Å². The number of ether oxygens (including phenoxy) is 2. The molecule has 4 heterocycles. The molecule has 2 atom stereocenters. The Morgan fingerprint density at radius 1 is 1.20 bits per heavy atom. The zero-order valence-electron chi connectivity index (χ0n) is 19.3. The van der Waals surface area contributed by atoms with Gasteiger partial charge in [0.15, 0.2) is 11.6 Å². The second-order valence-corrected chi connectivity index (χ2v) is 9.70. The van der Waals surface area contributed by atoms with Crippen LogP contribution in [0.25, 0.3) is 33.5 Å². The lowest BCUT2D eigenvalue weighted by molar-refractivity contribution is -0.121. The molecule has 1 aromatic carbocycles. The van der Waals surface area contributed by atoms with E-state index in [1.807, 2.05) is 49.6 Å². The third kappa shape index (κ3) is 3.46. The Balaban J connectivity index is 1.35. The van der Waals surface area contributed by atoms with Gasteiger partial charge in [0.2, 0.25) is 5.91 Å². The Bertz CT molecular complexity index is 1460. The molecule has 9 heteroatoms. The molecular formula is C26H24N6O3. The first kappa shape index (κ1) is 20.5. The van der Waals surface area contributed by atoms with Gasteiger partial charge in [0.05, 0.1) is 30.2 Å². The van der Waals surface area contributed by atoms with E-state index in [2.05, 4.69) is 20.4 Å². The number of carbonyl (C=O) groups is 1. The number of nitrogens with one attached hydrogen (secondary N) is 1. The zero-order chi connectivity index (χ0) is 23.6. The Morgan fingerprint density at radius 2 is 2.06 bits per heavy atom. The number of aromatic nitrogens is 5. The van der Waals surface area contributed by atoms with Gasteiger partial charge in [-0.05, 0) is 19.3 Å². The summed E-state index contributed by atoms with van der Waals surface area (Å²) in [5.41, 5.74) is 4.09. The van der Waals surface area contributed by atoms with Crippen molar-refractivity contribution in [1.82, 2.24) is 24.7 Å². The van der Waals surface area contributed by atoms with Crippen molar-refractivity contribution in [1.29, 1.82) is 0 Å². The van der Waals surface area contributed by atoms with Gasteiger partial charge in [-0.15, -0.1) is 0 Å². The summed E-state index contributed by atoms with van der Waals surface area (Å²) in [7, 11) is 1.88. The number of rotatable bonds is 6. The number of aryl methyl sites for hydroxylation is 1. The Morgan fingerprint density at radius 3 is 2.80 bits per heavy atom. The fraction of sp³-hybridized carbons (Fsp3) is 0.346. The number of hydrogen-bond donors (Lipinski definition) is 1. The van der Waals surface area contributed by atoms with E-state index in [4.69, 9.17) is 14.5 Å². The molecule has 2 saturated carbocycles. The van der Waals surface area contributed by atoms with Crippen molar-refractivity contribution in [3.05, 3.63) is 48.9 Å². The van der Waals surface area contributed by atoms with Gasteiger partial charge < -0.3 is 14.8 Å². The van der Waals surface area contributed by atoms with Crippen LogP contribution >= 0.6 is 0 Å². The van der Waals surface area contributed by atoms with Gasteiger partial charge in [0.25, 0.3) is 0 Å². The topological polar surface area (TPSA) is 104 Å². The van der Waals surface area contributed by atoms with Crippen molar-refractivity contribution in [2.45, 2.75) is 25.4 Å². The van der Waals surface area contributed by atoms with Crippen LogP contribution in [-0.2, 0) is 16.6 Å². The Kier molecular flexibility index (Phi) is 4.44. The first-order chi connectivity index (χ1) is 17.1. The summed E-state index contributed by atoms with van der Waals surface area (Å²) >= 11 is 0. The summed E-state index contributed by atoms with van der Waals surface area (Å²) in [5.74, 6) is 1.18. The first-order valence-corrected chi connectivity index (χ1v) is 11.9. The van der Waals surface area contributed by atoms with Crippen LogP contribution < -0.4 is 10.1 Å². The van der Waals surface area contributed by atoms with Crippen molar-refractivity contribution in [3.63, 3.8) is 0 Å². The molecule has 3 aromatic heterocycles. The minimum atomic E-state index is -0.437. The van der Waals surface area contributed by atoms with Crippen molar-refractivity contribution in [2.75, 3.05) is 18.5 Å². The highest BCUT2D eigenvalue weighted by Crippen LogP contribution is 2.57. The summed E-state index contributed by atoms with van der Waals surface area (Å²) in [4.78, 5) is 27.2. The van der Waals surface area contributed by atoms with Crippen LogP contribution in [0.2, 0.25) is 0 Å². The van der Waals surface area contributed by atoms with Crippen molar-refractivity contribution in [2.24, 2.45) is 18.4 Å². The third-order valence-corrected chi connectivity index (χ3v) is 7.12. The standard InChI is InChI=1S/C26H24N6O3/c1-32-11-18(21(31-32)15-5-3-2-4-6-15)22-23-19(27-14-28-22)9-20(35-17-7-8-17)24(29-23)30-25(33)26-10-16(26)12-34-13-26/h2-6,9,11,14,16-17H,7-8,10,12-13H2,1H3,(H,29,30,33). The largest absolute Gasteiger partial charge is 0.486 e. The Labute approximate surface area is 201 Å². The molecule has 4 aromatic rings. The molecule has 1 saturated heterocycles. The number of nitrogens with zero attached hydrogens (tertiary/aromatic N) is 5. The highest BCUT2D eigenvalue weighted by molar-refractivity contribution is 6.01. The van der Waals surface area contributed by atoms with Gasteiger partial charge in [-0.3, -0.25) is 9.48 Å². The van der Waals surface area contributed by atoms with Crippen molar-refractivity contribution >= 4 is 22.8 Å². The molecule has 7 rings (SSSR count). The number of hydrogen-bond acceptors (Lipinski definition) is 7. The van der Waals surface area contributed by atoms with Crippen LogP contribution in [0.15, 0.2) is 48.9 Å². The van der Waals surface area contributed by atoms with E-state index in [-0.39, 0.29) is 12.0 Å². The summed E-state index contributed by atoms with van der Waals surface area (Å²) in [6, 6.07) is 11.8. The van der Waals surface area contributed by atoms with E-state index in [1.54, 1.807) is 4.68 Å². The molecule has 0 spiro atoms. The van der Waals surface area contributed by atoms with Crippen LogP contribution in [0, 0.1) is 11.3 Å². The van der Waals surface area contributed by atoms with Crippen LogP contribution in [0.1, 0.15) is 19.3 Å². The SMILES string of the molecule is Cn1cc(-c2ncnc3cc(OC4CC4)c(NC(=O)C45COCC4C5)nc23)c(-c2ccccc2)n1. The number of anilines is 1. The van der Waals surface area contributed by atoms with Gasteiger partial charge in [-0.2, -0.15) is 5.10 Å². The van der Waals surface area contributed by atoms with E-state index < -0.39 is 5.41 Å². The van der Waals surface area contributed by atoms with E-state index in [9.17, 15) is 4.79 Å². The fourth-order valence-electron chi connectivity index (χ4n) is 4.92. The molecule has 0 bridgehead atoms. The smallest absolute Gasteiger partial charge is 0.234 e. The quantitative estimate of drug-likeness (QED) is 0.461. The predicted molar refractivity (Wildman–Crippen MR) is 129 cm³/mol. The van der Waals surface area contributed by atoms with Gasteiger partial charge in [0, 0.05) is 36.4 Å². The molecule has 2 aliphatic carbocycles. The van der Waals surface area contributed by atoms with Gasteiger partial charge in [-0.1, -0.05) is 30.3 Å². The maximum atomic E-state index is 13.2. The molecule has 1 aliphatic heterocycles. The number of benzene rings is 1. The number of fused-ring (bicyclic) bond motifs is 2. The lowest BCUT2D eigenvalue weighted by Crippen LogP contribution is -2.27. The molecule has 1 amide bonds. The van der Waals surface area contributed by atoms with Gasteiger partial charge >= 0.3 is 0 Å². The van der Waals surface area contributed by atoms with Crippen molar-refractivity contribution < 1.29 is 14.3 Å². The van der Waals surface area contributed by atoms with Gasteiger partial charge in [-0.25, -0.2) is 15.0 Å². The zero-order valence-corrected chi connectivity index (χ0v) is 19.3. The second kappa shape index (κ2) is 7.58. The molecule has 176 valence electrons. The highest BCUT2D eigenvalue weighted by atomic mass is 16.5. The lowest BCUT2D eigenvalue weighted by atomic mass is 10.0. The maximum absolute atomic E-state index is 13.2. The molecule has 1 N–H and O–H groups in total. The summed E-state index contributed by atoms with van der Waals surface area (Å²) in [6.45, 7) is 1.10. The minimum absolute atomic E-state index is 0.0581. The van der Waals surface area contributed by atoms with Crippen LogP contribution in [-0.4, -0.2) is 50.0 Å². The van der Waals surface area contributed by atoms with Crippen LogP contribution in [0.5, 0.6) is 5.75 Å². The first-order valence-electron chi connectivity index (χ1n) is 11.9. The lowest BCUT2D eigenvalue weighted by Gasteiger charge is -2.16. The number of pyridine rings is 1. The van der Waals surface area contributed by atoms with E-state index in [1.165, 1.54) is 6.33 Å². The summed E-state index contributed by atoms with van der Waals surface area (Å²) in [6.07, 6.45) is 6.46.